The van der Waals surface area contributed by atoms with E-state index in [1.807, 2.05) is 48.5 Å². The number of nitrogens with zero attached hydrogens (tertiary/aromatic N) is 2. The molecule has 30 heavy (non-hydrogen) atoms. The molecule has 3 aromatic carbocycles. The molecule has 5 heteroatoms. The van der Waals surface area contributed by atoms with Crippen LogP contribution in [-0.2, 0) is 0 Å². The standard InChI is InChI=1S/C25H19Cl2N3/c1-16-2-12-22-25(14-16)30(21-10-5-18(27)6-11-21)24-13-9-20(15-23(24)29-22)28-19-7-3-17(26)4-8-19/h2-8,10-15,28H,9H2,1H3. The number of benzene rings is 3. The molecule has 0 bridgehead atoms. The van der Waals surface area contributed by atoms with E-state index < -0.39 is 0 Å². The van der Waals surface area contributed by atoms with Gasteiger partial charge in [-0.1, -0.05) is 35.3 Å². The minimum absolute atomic E-state index is 0.723. The van der Waals surface area contributed by atoms with Crippen molar-refractivity contribution in [1.29, 1.82) is 0 Å². The van der Waals surface area contributed by atoms with Crippen molar-refractivity contribution in [3.05, 3.63) is 106 Å². The lowest BCUT2D eigenvalue weighted by Crippen LogP contribution is -2.27. The van der Waals surface area contributed by atoms with E-state index in [1.165, 1.54) is 5.56 Å². The van der Waals surface area contributed by atoms with Crippen molar-refractivity contribution >= 4 is 51.7 Å². The molecule has 0 atom stereocenters. The second kappa shape index (κ2) is 7.67. The summed E-state index contributed by atoms with van der Waals surface area (Å²) in [5.41, 5.74) is 8.40. The van der Waals surface area contributed by atoms with Crippen LogP contribution in [0, 0.1) is 6.92 Å². The Balaban J connectivity index is 1.56. The smallest absolute Gasteiger partial charge is 0.0892 e. The van der Waals surface area contributed by atoms with E-state index in [0.717, 1.165) is 56.3 Å². The Morgan fingerprint density at radius 2 is 1.60 bits per heavy atom. The summed E-state index contributed by atoms with van der Waals surface area (Å²) >= 11 is 12.1. The quantitative estimate of drug-likeness (QED) is 0.457. The fourth-order valence-corrected chi connectivity index (χ4v) is 4.00. The molecule has 2 aliphatic rings. The summed E-state index contributed by atoms with van der Waals surface area (Å²) in [5, 5.41) is 4.93. The number of allylic oxidation sites excluding steroid dienone is 2. The van der Waals surface area contributed by atoms with Gasteiger partial charge in [0.15, 0.2) is 0 Å². The molecule has 0 aromatic heterocycles. The van der Waals surface area contributed by atoms with Gasteiger partial charge in [-0.05, 0) is 79.2 Å². The van der Waals surface area contributed by atoms with Gasteiger partial charge < -0.3 is 10.2 Å². The van der Waals surface area contributed by atoms with E-state index in [-0.39, 0.29) is 0 Å². The molecular formula is C25H19Cl2N3. The topological polar surface area (TPSA) is 27.6 Å². The van der Waals surface area contributed by atoms with Crippen LogP contribution in [-0.4, -0.2) is 5.71 Å². The van der Waals surface area contributed by atoms with Crippen molar-refractivity contribution in [1.82, 2.24) is 0 Å². The van der Waals surface area contributed by atoms with Crippen LogP contribution < -0.4 is 10.2 Å². The number of aliphatic imine (C=N–C) groups is 1. The van der Waals surface area contributed by atoms with Gasteiger partial charge in [0.25, 0.3) is 0 Å². The van der Waals surface area contributed by atoms with Crippen LogP contribution in [0.1, 0.15) is 12.0 Å². The highest BCUT2D eigenvalue weighted by Gasteiger charge is 2.27. The first kappa shape index (κ1) is 19.0. The van der Waals surface area contributed by atoms with Crippen molar-refractivity contribution in [2.24, 2.45) is 4.99 Å². The van der Waals surface area contributed by atoms with Gasteiger partial charge in [-0.2, -0.15) is 0 Å². The molecule has 1 aliphatic heterocycles. The summed E-state index contributed by atoms with van der Waals surface area (Å²) < 4.78 is 0. The Morgan fingerprint density at radius 3 is 2.33 bits per heavy atom. The molecule has 0 saturated heterocycles. The molecule has 0 saturated carbocycles. The number of anilines is 3. The average molecular weight is 432 g/mol. The maximum atomic E-state index is 6.14. The van der Waals surface area contributed by atoms with Crippen molar-refractivity contribution in [3.63, 3.8) is 0 Å². The monoisotopic (exact) mass is 431 g/mol. The van der Waals surface area contributed by atoms with Crippen LogP contribution in [0.2, 0.25) is 10.0 Å². The van der Waals surface area contributed by atoms with Crippen LogP contribution in [0.15, 0.2) is 95.3 Å². The van der Waals surface area contributed by atoms with Crippen molar-refractivity contribution in [3.8, 4) is 0 Å². The molecule has 148 valence electrons. The summed E-state index contributed by atoms with van der Waals surface area (Å²) in [4.78, 5) is 7.21. The number of halogens is 2. The Labute approximate surface area is 186 Å². The largest absolute Gasteiger partial charge is 0.359 e. The number of fused-ring (bicyclic) bond motifs is 2. The van der Waals surface area contributed by atoms with Gasteiger partial charge in [-0.3, -0.25) is 0 Å². The van der Waals surface area contributed by atoms with E-state index >= 15 is 0 Å². The van der Waals surface area contributed by atoms with Crippen LogP contribution in [0.5, 0.6) is 0 Å². The summed E-state index contributed by atoms with van der Waals surface area (Å²) in [7, 11) is 0. The second-order valence-corrected chi connectivity index (χ2v) is 8.27. The van der Waals surface area contributed by atoms with Crippen LogP contribution in [0.25, 0.3) is 0 Å². The van der Waals surface area contributed by atoms with Gasteiger partial charge in [0, 0.05) is 33.5 Å². The molecule has 0 radical (unpaired) electrons. The summed E-state index contributed by atoms with van der Waals surface area (Å²) in [6, 6.07) is 22.0. The first-order chi connectivity index (χ1) is 14.6. The van der Waals surface area contributed by atoms with Crippen LogP contribution >= 0.6 is 23.2 Å². The maximum Gasteiger partial charge on any atom is 0.0892 e. The number of hydrogen-bond donors (Lipinski definition) is 1. The van der Waals surface area contributed by atoms with Gasteiger partial charge in [0.05, 0.1) is 22.8 Å². The molecule has 3 aromatic rings. The summed E-state index contributed by atoms with van der Waals surface area (Å²) in [5.74, 6) is 0. The number of nitrogens with one attached hydrogen (secondary N) is 1. The molecule has 1 aliphatic carbocycles. The molecule has 5 rings (SSSR count). The predicted octanol–water partition coefficient (Wildman–Crippen LogP) is 7.81. The fourth-order valence-electron chi connectivity index (χ4n) is 3.75. The van der Waals surface area contributed by atoms with Crippen molar-refractivity contribution in [2.45, 2.75) is 13.3 Å². The van der Waals surface area contributed by atoms with Gasteiger partial charge in [0.2, 0.25) is 0 Å². The second-order valence-electron chi connectivity index (χ2n) is 7.40. The third-order valence-corrected chi connectivity index (χ3v) is 5.68. The number of aryl methyl sites for hydroxylation is 1. The minimum atomic E-state index is 0.723. The molecule has 0 amide bonds. The van der Waals surface area contributed by atoms with Crippen LogP contribution in [0.4, 0.5) is 22.7 Å². The van der Waals surface area contributed by atoms with Crippen LogP contribution in [0.3, 0.4) is 0 Å². The van der Waals surface area contributed by atoms with Gasteiger partial charge in [-0.25, -0.2) is 4.99 Å². The summed E-state index contributed by atoms with van der Waals surface area (Å²) in [6.07, 6.45) is 5.12. The Hall–Kier alpha value is -3.01. The third-order valence-electron chi connectivity index (χ3n) is 5.18. The zero-order valence-electron chi connectivity index (χ0n) is 16.4. The lowest BCUT2D eigenvalue weighted by molar-refractivity contribution is 1.11. The highest BCUT2D eigenvalue weighted by atomic mass is 35.5. The SMILES string of the molecule is Cc1ccc2c(c1)N(c1ccc(Cl)cc1)C1=CCC(Nc3ccc(Cl)cc3)=CC1=N2. The van der Waals surface area contributed by atoms with E-state index in [1.54, 1.807) is 0 Å². The Bertz CT molecular complexity index is 1210. The first-order valence-electron chi connectivity index (χ1n) is 9.75. The number of rotatable bonds is 3. The van der Waals surface area contributed by atoms with Gasteiger partial charge >= 0.3 is 0 Å². The molecule has 1 N–H and O–H groups in total. The van der Waals surface area contributed by atoms with E-state index in [2.05, 4.69) is 47.5 Å². The van der Waals surface area contributed by atoms with Gasteiger partial charge in [-0.15, -0.1) is 0 Å². The minimum Gasteiger partial charge on any atom is -0.359 e. The molecule has 1 heterocycles. The maximum absolute atomic E-state index is 6.14. The predicted molar refractivity (Wildman–Crippen MR) is 128 cm³/mol. The lowest BCUT2D eigenvalue weighted by Gasteiger charge is -2.34. The van der Waals surface area contributed by atoms with Crippen molar-refractivity contribution in [2.75, 3.05) is 10.2 Å². The molecular weight excluding hydrogens is 413 g/mol. The van der Waals surface area contributed by atoms with E-state index in [4.69, 9.17) is 28.2 Å². The normalized spacial score (nSPS) is 14.9. The summed E-state index contributed by atoms with van der Waals surface area (Å²) in [6.45, 7) is 2.10. The molecule has 3 nitrogen and oxygen atoms in total. The average Bonchev–Trinajstić information content (AvgIpc) is 2.75. The molecule has 0 fully saturated rings. The molecule has 0 unspecified atom stereocenters. The van der Waals surface area contributed by atoms with E-state index in [0.29, 0.717) is 0 Å². The zero-order chi connectivity index (χ0) is 20.7. The Morgan fingerprint density at radius 1 is 0.900 bits per heavy atom. The third kappa shape index (κ3) is 3.62. The fraction of sp³-hybridized carbons (Fsp3) is 0.0800. The molecule has 0 spiro atoms. The highest BCUT2D eigenvalue weighted by Crippen LogP contribution is 2.43. The van der Waals surface area contributed by atoms with Crippen molar-refractivity contribution < 1.29 is 0 Å². The zero-order valence-corrected chi connectivity index (χ0v) is 17.9. The van der Waals surface area contributed by atoms with Gasteiger partial charge in [0.1, 0.15) is 0 Å². The van der Waals surface area contributed by atoms with E-state index in [9.17, 15) is 0 Å². The lowest BCUT2D eigenvalue weighted by atomic mass is 10.00. The Kier molecular flexibility index (Phi) is 4.86. The highest BCUT2D eigenvalue weighted by molar-refractivity contribution is 6.31. The number of hydrogen-bond acceptors (Lipinski definition) is 3. The first-order valence-corrected chi connectivity index (χ1v) is 10.5.